The molecule has 0 fully saturated rings. The smallest absolute Gasteiger partial charge is 0.134 e. The molecule has 1 nitrogen and oxygen atoms in total. The first-order chi connectivity index (χ1) is 9.42. The highest BCUT2D eigenvalue weighted by Crippen LogP contribution is 2.30. The summed E-state index contributed by atoms with van der Waals surface area (Å²) in [4.78, 5) is 0. The van der Waals surface area contributed by atoms with Crippen molar-refractivity contribution in [3.8, 4) is 0 Å². The normalized spacial score (nSPS) is 12.5. The molecule has 2 rings (SSSR count). The van der Waals surface area contributed by atoms with Crippen LogP contribution in [0.25, 0.3) is 0 Å². The quantitative estimate of drug-likeness (QED) is 0.863. The Bertz CT molecular complexity index is 603. The summed E-state index contributed by atoms with van der Waals surface area (Å²) in [6, 6.07) is 5.03. The first kappa shape index (κ1) is 15.2. The van der Waals surface area contributed by atoms with Gasteiger partial charge in [-0.3, -0.25) is 0 Å². The van der Waals surface area contributed by atoms with Crippen LogP contribution in [0.15, 0.2) is 30.3 Å². The van der Waals surface area contributed by atoms with Gasteiger partial charge in [0.05, 0.1) is 6.04 Å². The van der Waals surface area contributed by atoms with Crippen molar-refractivity contribution in [2.45, 2.75) is 6.04 Å². The Morgan fingerprint density at radius 3 is 1.85 bits per heavy atom. The van der Waals surface area contributed by atoms with E-state index in [1.54, 1.807) is 0 Å². The molecule has 0 aliphatic rings. The summed E-state index contributed by atoms with van der Waals surface area (Å²) in [5, 5.41) is 3.46. The van der Waals surface area contributed by atoms with Gasteiger partial charge in [0.2, 0.25) is 0 Å². The van der Waals surface area contributed by atoms with Gasteiger partial charge >= 0.3 is 0 Å². The molecule has 0 bridgehead atoms. The Balaban J connectivity index is 2.58. The molecule has 0 amide bonds. The van der Waals surface area contributed by atoms with Crippen LogP contribution in [0.3, 0.4) is 0 Å². The van der Waals surface area contributed by atoms with E-state index in [9.17, 15) is 13.2 Å². The van der Waals surface area contributed by atoms with E-state index in [-0.39, 0.29) is 5.56 Å². The molecular weight excluding hydrogens is 310 g/mol. The SMILES string of the molecule is CNC(c1cc(Cl)cc(Cl)c1)c1c(F)cc(F)cc1F. The molecule has 0 radical (unpaired) electrons. The van der Waals surface area contributed by atoms with Crippen LogP contribution in [0.4, 0.5) is 13.2 Å². The molecule has 0 spiro atoms. The van der Waals surface area contributed by atoms with Crippen LogP contribution in [0, 0.1) is 17.5 Å². The maximum absolute atomic E-state index is 13.8. The Morgan fingerprint density at radius 1 is 0.900 bits per heavy atom. The van der Waals surface area contributed by atoms with Crippen LogP contribution in [0.2, 0.25) is 10.0 Å². The van der Waals surface area contributed by atoms with Crippen LogP contribution >= 0.6 is 23.2 Å². The average Bonchev–Trinajstić information content (AvgIpc) is 2.32. The summed E-state index contributed by atoms with van der Waals surface area (Å²) < 4.78 is 40.7. The third kappa shape index (κ3) is 3.08. The van der Waals surface area contributed by atoms with Crippen LogP contribution in [0.5, 0.6) is 0 Å². The van der Waals surface area contributed by atoms with Gasteiger partial charge in [-0.05, 0) is 30.8 Å². The zero-order chi connectivity index (χ0) is 14.9. The minimum atomic E-state index is -0.974. The second-order valence-corrected chi connectivity index (χ2v) is 5.08. The zero-order valence-corrected chi connectivity index (χ0v) is 11.9. The number of benzene rings is 2. The largest absolute Gasteiger partial charge is 0.309 e. The van der Waals surface area contributed by atoms with Crippen molar-refractivity contribution in [2.24, 2.45) is 0 Å². The molecule has 1 N–H and O–H groups in total. The van der Waals surface area contributed by atoms with Gasteiger partial charge in [-0.2, -0.15) is 0 Å². The number of rotatable bonds is 3. The van der Waals surface area contributed by atoms with E-state index in [4.69, 9.17) is 23.2 Å². The summed E-state index contributed by atoms with van der Waals surface area (Å²) in [6.07, 6.45) is 0. The fourth-order valence-corrected chi connectivity index (χ4v) is 2.59. The molecule has 0 heterocycles. The Morgan fingerprint density at radius 2 is 1.40 bits per heavy atom. The van der Waals surface area contributed by atoms with Gasteiger partial charge in [0.15, 0.2) is 0 Å². The first-order valence-electron chi connectivity index (χ1n) is 5.70. The van der Waals surface area contributed by atoms with E-state index in [2.05, 4.69) is 5.32 Å². The second kappa shape index (κ2) is 6.04. The van der Waals surface area contributed by atoms with Crippen LogP contribution in [-0.2, 0) is 0 Å². The standard InChI is InChI=1S/C14H10Cl2F3N/c1-20-14(7-2-8(15)4-9(16)3-7)13-11(18)5-10(17)6-12(13)19/h2-6,14,20H,1H3. The van der Waals surface area contributed by atoms with Crippen LogP contribution in [0.1, 0.15) is 17.2 Å². The highest BCUT2D eigenvalue weighted by molar-refractivity contribution is 6.34. The molecule has 0 aliphatic carbocycles. The molecule has 0 saturated carbocycles. The van der Waals surface area contributed by atoms with Crippen LogP contribution < -0.4 is 5.32 Å². The molecule has 0 aliphatic heterocycles. The summed E-state index contributed by atoms with van der Waals surface area (Å²) in [5.74, 6) is -2.92. The number of hydrogen-bond acceptors (Lipinski definition) is 1. The van der Waals surface area contributed by atoms with E-state index in [1.807, 2.05) is 0 Å². The van der Waals surface area contributed by atoms with Crippen molar-refractivity contribution in [2.75, 3.05) is 7.05 Å². The maximum Gasteiger partial charge on any atom is 0.134 e. The van der Waals surface area contributed by atoms with E-state index >= 15 is 0 Å². The molecule has 1 unspecified atom stereocenters. The molecule has 0 aromatic heterocycles. The van der Waals surface area contributed by atoms with Gasteiger partial charge in [0, 0.05) is 27.7 Å². The molecule has 2 aromatic carbocycles. The van der Waals surface area contributed by atoms with Crippen molar-refractivity contribution < 1.29 is 13.2 Å². The summed E-state index contributed by atoms with van der Waals surface area (Å²) >= 11 is 11.8. The molecule has 2 aromatic rings. The predicted octanol–water partition coefficient (Wildman–Crippen LogP) is 4.72. The lowest BCUT2D eigenvalue weighted by Gasteiger charge is -2.19. The maximum atomic E-state index is 13.8. The van der Waals surface area contributed by atoms with Gasteiger partial charge in [0.1, 0.15) is 17.5 Å². The number of hydrogen-bond donors (Lipinski definition) is 1. The molecule has 1 atom stereocenters. The topological polar surface area (TPSA) is 12.0 Å². The van der Waals surface area contributed by atoms with Gasteiger partial charge < -0.3 is 5.32 Å². The van der Waals surface area contributed by atoms with Crippen molar-refractivity contribution in [3.05, 3.63) is 69.0 Å². The monoisotopic (exact) mass is 319 g/mol. The second-order valence-electron chi connectivity index (χ2n) is 4.21. The summed E-state index contributed by atoms with van der Waals surface area (Å²) in [5.41, 5.74) is 0.196. The van der Waals surface area contributed by atoms with Gasteiger partial charge in [-0.25, -0.2) is 13.2 Å². The zero-order valence-electron chi connectivity index (χ0n) is 10.4. The third-order valence-corrected chi connectivity index (χ3v) is 3.28. The highest BCUT2D eigenvalue weighted by Gasteiger charge is 2.22. The van der Waals surface area contributed by atoms with E-state index in [0.29, 0.717) is 27.7 Å². The fourth-order valence-electron chi connectivity index (χ4n) is 2.05. The van der Waals surface area contributed by atoms with Gasteiger partial charge in [-0.15, -0.1) is 0 Å². The molecule has 20 heavy (non-hydrogen) atoms. The van der Waals surface area contributed by atoms with E-state index < -0.39 is 23.5 Å². The molecule has 106 valence electrons. The van der Waals surface area contributed by atoms with Crippen molar-refractivity contribution >= 4 is 23.2 Å². The predicted molar refractivity (Wildman–Crippen MR) is 73.7 cm³/mol. The minimum absolute atomic E-state index is 0.285. The van der Waals surface area contributed by atoms with Gasteiger partial charge in [-0.1, -0.05) is 23.2 Å². The third-order valence-electron chi connectivity index (χ3n) is 2.84. The lowest BCUT2D eigenvalue weighted by atomic mass is 9.97. The fraction of sp³-hybridized carbons (Fsp3) is 0.143. The van der Waals surface area contributed by atoms with E-state index in [0.717, 1.165) is 0 Å². The Hall–Kier alpha value is -1.23. The molecule has 6 heteroatoms. The number of nitrogens with one attached hydrogen (secondary N) is 1. The van der Waals surface area contributed by atoms with Crippen molar-refractivity contribution in [1.82, 2.24) is 5.32 Å². The lowest BCUT2D eigenvalue weighted by molar-refractivity contribution is 0.500. The van der Waals surface area contributed by atoms with Crippen LogP contribution in [-0.4, -0.2) is 7.05 Å². The number of halogens is 5. The Labute approximate surface area is 124 Å². The first-order valence-corrected chi connectivity index (χ1v) is 6.45. The molecular formula is C14H10Cl2F3N. The van der Waals surface area contributed by atoms with Crippen molar-refractivity contribution in [1.29, 1.82) is 0 Å². The minimum Gasteiger partial charge on any atom is -0.309 e. The summed E-state index contributed by atoms with van der Waals surface area (Å²) in [6.45, 7) is 0. The van der Waals surface area contributed by atoms with E-state index in [1.165, 1.54) is 25.2 Å². The lowest BCUT2D eigenvalue weighted by Crippen LogP contribution is -2.20. The van der Waals surface area contributed by atoms with Crippen molar-refractivity contribution in [3.63, 3.8) is 0 Å². The average molecular weight is 320 g/mol. The molecule has 0 saturated heterocycles. The van der Waals surface area contributed by atoms with Gasteiger partial charge in [0.25, 0.3) is 0 Å². The highest BCUT2D eigenvalue weighted by atomic mass is 35.5. The Kier molecular flexibility index (Phi) is 4.58. The summed E-state index contributed by atoms with van der Waals surface area (Å²) in [7, 11) is 1.53.